The summed E-state index contributed by atoms with van der Waals surface area (Å²) in [5.41, 5.74) is 10.1. The lowest BCUT2D eigenvalue weighted by atomic mass is 10.4. The first kappa shape index (κ1) is 9.30. The standard InChI is InChI=1S/C3H10N2.H3N/c4-2-1-3-5;/h1-5H2;1H3. The van der Waals surface area contributed by atoms with Gasteiger partial charge in [-0.1, -0.05) is 0 Å². The number of rotatable bonds is 2. The van der Waals surface area contributed by atoms with Crippen LogP contribution in [0.25, 0.3) is 0 Å². The second kappa shape index (κ2) is 8.86. The van der Waals surface area contributed by atoms with E-state index < -0.39 is 0 Å². The molecule has 0 aliphatic rings. The molecule has 0 unspecified atom stereocenters. The van der Waals surface area contributed by atoms with Crippen molar-refractivity contribution in [1.29, 1.82) is 0 Å². The van der Waals surface area contributed by atoms with Crippen molar-refractivity contribution in [2.75, 3.05) is 13.1 Å². The maximum Gasteiger partial charge on any atom is -0.00653 e. The lowest BCUT2D eigenvalue weighted by molar-refractivity contribution is 0.844. The van der Waals surface area contributed by atoms with Crippen LogP contribution in [-0.4, -0.2) is 13.1 Å². The zero-order valence-electron chi connectivity index (χ0n) is 3.98. The molecule has 0 aromatic carbocycles. The predicted octanol–water partition coefficient (Wildman–Crippen LogP) is -0.544. The Kier molecular flexibility index (Phi) is 13.7. The van der Waals surface area contributed by atoms with E-state index in [9.17, 15) is 0 Å². The highest BCUT2D eigenvalue weighted by Crippen LogP contribution is 1.58. The highest BCUT2D eigenvalue weighted by molar-refractivity contribution is 4.33. The summed E-state index contributed by atoms with van der Waals surface area (Å²) in [4.78, 5) is 0. The van der Waals surface area contributed by atoms with Crippen LogP contribution in [0.15, 0.2) is 0 Å². The van der Waals surface area contributed by atoms with E-state index in [0.717, 1.165) is 19.5 Å². The monoisotopic (exact) mass is 91.1 g/mol. The van der Waals surface area contributed by atoms with Crippen LogP contribution in [-0.2, 0) is 0 Å². The predicted molar refractivity (Wildman–Crippen MR) is 27.7 cm³/mol. The van der Waals surface area contributed by atoms with Gasteiger partial charge in [0.15, 0.2) is 0 Å². The van der Waals surface area contributed by atoms with Crippen LogP contribution < -0.4 is 17.6 Å². The highest BCUT2D eigenvalue weighted by atomic mass is 14.6. The maximum atomic E-state index is 5.06. The Morgan fingerprint density at radius 1 is 1.00 bits per heavy atom. The maximum absolute atomic E-state index is 5.06. The molecule has 0 saturated carbocycles. The van der Waals surface area contributed by atoms with Gasteiger partial charge in [-0.15, -0.1) is 0 Å². The first-order valence-corrected chi connectivity index (χ1v) is 1.82. The molecule has 3 nitrogen and oxygen atoms in total. The Bertz CT molecular complexity index is 13.5. The smallest absolute Gasteiger partial charge is 0.00653 e. The number of hydrogen-bond donors (Lipinski definition) is 3. The highest BCUT2D eigenvalue weighted by Gasteiger charge is 1.67. The molecule has 6 heavy (non-hydrogen) atoms. The van der Waals surface area contributed by atoms with Gasteiger partial charge in [0.05, 0.1) is 0 Å². The largest absolute Gasteiger partial charge is 0.344 e. The quantitative estimate of drug-likeness (QED) is 0.426. The van der Waals surface area contributed by atoms with Crippen molar-refractivity contribution in [3.63, 3.8) is 0 Å². The lowest BCUT2D eigenvalue weighted by Crippen LogP contribution is -2.06. The van der Waals surface area contributed by atoms with Crippen molar-refractivity contribution >= 4 is 0 Å². The SMILES string of the molecule is N.NCCCN. The molecule has 0 radical (unpaired) electrons. The molecule has 0 amide bonds. The zero-order chi connectivity index (χ0) is 4.12. The summed E-state index contributed by atoms with van der Waals surface area (Å²) in [6.45, 7) is 1.44. The first-order valence-electron chi connectivity index (χ1n) is 1.82. The van der Waals surface area contributed by atoms with Crippen LogP contribution in [0, 0.1) is 0 Å². The van der Waals surface area contributed by atoms with E-state index in [0.29, 0.717) is 0 Å². The molecule has 0 heterocycles. The fourth-order valence-electron chi connectivity index (χ4n) is 0.118. The lowest BCUT2D eigenvalue weighted by Gasteiger charge is -1.81. The molecule has 7 N–H and O–H groups in total. The normalized spacial score (nSPS) is 7.00. The van der Waals surface area contributed by atoms with E-state index in [-0.39, 0.29) is 6.15 Å². The number of hydrogen-bond acceptors (Lipinski definition) is 3. The Balaban J connectivity index is 0. The van der Waals surface area contributed by atoms with E-state index >= 15 is 0 Å². The van der Waals surface area contributed by atoms with Gasteiger partial charge in [0, 0.05) is 0 Å². The van der Waals surface area contributed by atoms with Crippen LogP contribution in [0.1, 0.15) is 6.42 Å². The van der Waals surface area contributed by atoms with E-state index in [4.69, 9.17) is 11.5 Å². The van der Waals surface area contributed by atoms with Crippen molar-refractivity contribution in [1.82, 2.24) is 6.15 Å². The molecule has 40 valence electrons. The van der Waals surface area contributed by atoms with Crippen LogP contribution in [0.2, 0.25) is 0 Å². The molecule has 0 saturated heterocycles. The molecule has 0 aliphatic carbocycles. The minimum absolute atomic E-state index is 0. The molecule has 0 fully saturated rings. The van der Waals surface area contributed by atoms with Crippen molar-refractivity contribution in [3.05, 3.63) is 0 Å². The summed E-state index contributed by atoms with van der Waals surface area (Å²) < 4.78 is 0. The molecule has 0 rings (SSSR count). The molecule has 0 spiro atoms. The van der Waals surface area contributed by atoms with E-state index in [1.165, 1.54) is 0 Å². The van der Waals surface area contributed by atoms with Gasteiger partial charge in [-0.3, -0.25) is 0 Å². The van der Waals surface area contributed by atoms with Gasteiger partial charge in [0.1, 0.15) is 0 Å². The van der Waals surface area contributed by atoms with E-state index in [1.54, 1.807) is 0 Å². The van der Waals surface area contributed by atoms with Crippen molar-refractivity contribution < 1.29 is 0 Å². The summed E-state index contributed by atoms with van der Waals surface area (Å²) in [5, 5.41) is 0. The fraction of sp³-hybridized carbons (Fsp3) is 1.00. The molecule has 0 bridgehead atoms. The molecule has 3 heteroatoms. The van der Waals surface area contributed by atoms with Crippen molar-refractivity contribution in [2.45, 2.75) is 6.42 Å². The van der Waals surface area contributed by atoms with Gasteiger partial charge in [0.25, 0.3) is 0 Å². The second-order valence-electron chi connectivity index (χ2n) is 0.931. The van der Waals surface area contributed by atoms with Crippen LogP contribution in [0.5, 0.6) is 0 Å². The third kappa shape index (κ3) is 9.11. The van der Waals surface area contributed by atoms with Gasteiger partial charge in [0.2, 0.25) is 0 Å². The average Bonchev–Trinajstić information content (AvgIpc) is 1.41. The summed E-state index contributed by atoms with van der Waals surface area (Å²) >= 11 is 0. The molecule has 0 aromatic heterocycles. The second-order valence-corrected chi connectivity index (χ2v) is 0.931. The van der Waals surface area contributed by atoms with Gasteiger partial charge >= 0.3 is 0 Å². The molecular weight excluding hydrogens is 78.1 g/mol. The van der Waals surface area contributed by atoms with Crippen molar-refractivity contribution in [3.8, 4) is 0 Å². The fourth-order valence-corrected chi connectivity index (χ4v) is 0.118. The zero-order valence-corrected chi connectivity index (χ0v) is 3.98. The minimum atomic E-state index is 0. The molecular formula is C3H13N3. The summed E-state index contributed by atoms with van der Waals surface area (Å²) in [6.07, 6.45) is 0.944. The first-order chi connectivity index (χ1) is 2.41. The Hall–Kier alpha value is -0.120. The Morgan fingerprint density at radius 2 is 1.33 bits per heavy atom. The van der Waals surface area contributed by atoms with Crippen molar-refractivity contribution in [2.24, 2.45) is 11.5 Å². The molecule has 0 aliphatic heterocycles. The topological polar surface area (TPSA) is 87.0 Å². The van der Waals surface area contributed by atoms with Gasteiger partial charge in [-0.2, -0.15) is 0 Å². The third-order valence-corrected chi connectivity index (χ3v) is 0.408. The third-order valence-electron chi connectivity index (χ3n) is 0.408. The molecule has 0 atom stereocenters. The van der Waals surface area contributed by atoms with E-state index in [1.807, 2.05) is 0 Å². The van der Waals surface area contributed by atoms with Crippen LogP contribution >= 0.6 is 0 Å². The average molecular weight is 91.2 g/mol. The van der Waals surface area contributed by atoms with Crippen LogP contribution in [0.4, 0.5) is 0 Å². The minimum Gasteiger partial charge on any atom is -0.344 e. The van der Waals surface area contributed by atoms with Crippen LogP contribution in [0.3, 0.4) is 0 Å². The van der Waals surface area contributed by atoms with Gasteiger partial charge in [-0.05, 0) is 19.5 Å². The summed E-state index contributed by atoms with van der Waals surface area (Å²) in [7, 11) is 0. The summed E-state index contributed by atoms with van der Waals surface area (Å²) in [6, 6.07) is 0. The van der Waals surface area contributed by atoms with Gasteiger partial charge < -0.3 is 17.6 Å². The Morgan fingerprint density at radius 3 is 1.33 bits per heavy atom. The Labute approximate surface area is 38.3 Å². The van der Waals surface area contributed by atoms with Gasteiger partial charge in [-0.25, -0.2) is 0 Å². The molecule has 0 aromatic rings. The summed E-state index contributed by atoms with van der Waals surface area (Å²) in [5.74, 6) is 0. The van der Waals surface area contributed by atoms with E-state index in [2.05, 4.69) is 0 Å². The number of nitrogens with two attached hydrogens (primary N) is 2.